The second-order valence-corrected chi connectivity index (χ2v) is 6.28. The normalized spacial score (nSPS) is 10.5. The Kier molecular flexibility index (Phi) is 5.39. The number of ether oxygens (including phenoxy) is 1. The summed E-state index contributed by atoms with van der Waals surface area (Å²) in [6, 6.07) is 13.5. The molecule has 0 atom stereocenters. The fourth-order valence-electron chi connectivity index (χ4n) is 2.98. The van der Waals surface area contributed by atoms with E-state index in [9.17, 15) is 14.9 Å². The monoisotopic (exact) mass is 380 g/mol. The molecule has 3 aromatic rings. The number of para-hydroxylation sites is 1. The fourth-order valence-corrected chi connectivity index (χ4v) is 2.98. The average Bonchev–Trinajstić information content (AvgIpc) is 2.95. The lowest BCUT2D eigenvalue weighted by molar-refractivity contribution is -0.385. The average molecular weight is 380 g/mol. The SMILES string of the molecule is COc1cccc(Cn2nc(C)c(NC(=O)c3ccccc3[N+](=O)[O-])c2C)c1. The van der Waals surface area contributed by atoms with E-state index in [1.807, 2.05) is 31.2 Å². The fraction of sp³-hybridized carbons (Fsp3) is 0.200. The summed E-state index contributed by atoms with van der Waals surface area (Å²) in [4.78, 5) is 23.2. The molecule has 0 saturated carbocycles. The highest BCUT2D eigenvalue weighted by Crippen LogP contribution is 2.24. The maximum absolute atomic E-state index is 12.6. The molecule has 0 aliphatic carbocycles. The molecule has 1 heterocycles. The molecule has 1 aromatic heterocycles. The van der Waals surface area contributed by atoms with Gasteiger partial charge in [-0.25, -0.2) is 0 Å². The van der Waals surface area contributed by atoms with Crippen molar-refractivity contribution in [3.05, 3.63) is 81.2 Å². The number of benzene rings is 2. The van der Waals surface area contributed by atoms with Gasteiger partial charge in [0.1, 0.15) is 11.3 Å². The Morgan fingerprint density at radius 2 is 1.96 bits per heavy atom. The lowest BCUT2D eigenvalue weighted by Crippen LogP contribution is -2.15. The van der Waals surface area contributed by atoms with Crippen LogP contribution in [0.5, 0.6) is 5.75 Å². The molecule has 0 spiro atoms. The Bertz CT molecular complexity index is 1040. The number of aromatic nitrogens is 2. The number of nitrogens with zero attached hydrogens (tertiary/aromatic N) is 3. The molecule has 1 amide bonds. The van der Waals surface area contributed by atoms with Gasteiger partial charge in [0.15, 0.2) is 0 Å². The Balaban J connectivity index is 1.86. The summed E-state index contributed by atoms with van der Waals surface area (Å²) >= 11 is 0. The molecular formula is C20H20N4O4. The van der Waals surface area contributed by atoms with Crippen LogP contribution in [0.1, 0.15) is 27.3 Å². The summed E-state index contributed by atoms with van der Waals surface area (Å²) < 4.78 is 7.02. The van der Waals surface area contributed by atoms with Gasteiger partial charge in [-0.05, 0) is 37.6 Å². The summed E-state index contributed by atoms with van der Waals surface area (Å²) in [7, 11) is 1.61. The van der Waals surface area contributed by atoms with Gasteiger partial charge >= 0.3 is 0 Å². The second-order valence-electron chi connectivity index (χ2n) is 6.28. The van der Waals surface area contributed by atoms with Gasteiger partial charge in [-0.1, -0.05) is 24.3 Å². The minimum Gasteiger partial charge on any atom is -0.497 e. The number of aryl methyl sites for hydroxylation is 1. The summed E-state index contributed by atoms with van der Waals surface area (Å²) in [5.74, 6) is 0.211. The van der Waals surface area contributed by atoms with Crippen LogP contribution < -0.4 is 10.1 Å². The highest BCUT2D eigenvalue weighted by molar-refractivity contribution is 6.07. The van der Waals surface area contributed by atoms with Crippen LogP contribution in [-0.2, 0) is 6.54 Å². The number of nitro groups is 1. The van der Waals surface area contributed by atoms with Gasteiger partial charge < -0.3 is 10.1 Å². The third-order valence-corrected chi connectivity index (χ3v) is 4.43. The lowest BCUT2D eigenvalue weighted by Gasteiger charge is -2.08. The van der Waals surface area contributed by atoms with Crippen molar-refractivity contribution in [1.29, 1.82) is 0 Å². The maximum Gasteiger partial charge on any atom is 0.282 e. The van der Waals surface area contributed by atoms with E-state index < -0.39 is 10.8 Å². The molecule has 3 rings (SSSR count). The van der Waals surface area contributed by atoms with Crippen molar-refractivity contribution < 1.29 is 14.5 Å². The molecule has 144 valence electrons. The molecule has 0 fully saturated rings. The first-order valence-electron chi connectivity index (χ1n) is 8.62. The predicted molar refractivity (Wildman–Crippen MR) is 105 cm³/mol. The first-order valence-corrected chi connectivity index (χ1v) is 8.62. The van der Waals surface area contributed by atoms with Crippen molar-refractivity contribution in [1.82, 2.24) is 9.78 Å². The number of nitrogens with one attached hydrogen (secondary N) is 1. The molecule has 0 unspecified atom stereocenters. The summed E-state index contributed by atoms with van der Waals surface area (Å²) in [5.41, 5.74) is 2.71. The third kappa shape index (κ3) is 3.85. The lowest BCUT2D eigenvalue weighted by atomic mass is 10.1. The Labute approximate surface area is 161 Å². The van der Waals surface area contributed by atoms with Crippen LogP contribution in [-0.4, -0.2) is 27.7 Å². The predicted octanol–water partition coefficient (Wildman–Crippen LogP) is 3.72. The van der Waals surface area contributed by atoms with Gasteiger partial charge in [0.25, 0.3) is 11.6 Å². The summed E-state index contributed by atoms with van der Waals surface area (Å²) in [6.07, 6.45) is 0. The first kappa shape index (κ1) is 19.1. The molecular weight excluding hydrogens is 360 g/mol. The van der Waals surface area contributed by atoms with Crippen LogP contribution >= 0.6 is 0 Å². The van der Waals surface area contributed by atoms with Gasteiger partial charge in [0.2, 0.25) is 0 Å². The molecule has 2 aromatic carbocycles. The zero-order valence-electron chi connectivity index (χ0n) is 15.8. The van der Waals surface area contributed by atoms with E-state index >= 15 is 0 Å². The zero-order chi connectivity index (χ0) is 20.3. The van der Waals surface area contributed by atoms with Gasteiger partial charge in [0, 0.05) is 6.07 Å². The first-order chi connectivity index (χ1) is 13.4. The van der Waals surface area contributed by atoms with E-state index in [0.717, 1.165) is 17.0 Å². The molecule has 0 aliphatic heterocycles. The number of anilines is 1. The van der Waals surface area contributed by atoms with Crippen LogP contribution in [0.15, 0.2) is 48.5 Å². The van der Waals surface area contributed by atoms with Crippen molar-refractivity contribution in [2.45, 2.75) is 20.4 Å². The van der Waals surface area contributed by atoms with Crippen molar-refractivity contribution in [2.75, 3.05) is 12.4 Å². The quantitative estimate of drug-likeness (QED) is 0.519. The summed E-state index contributed by atoms with van der Waals surface area (Å²) in [5, 5.41) is 18.4. The van der Waals surface area contributed by atoms with Crippen LogP contribution in [0.2, 0.25) is 0 Å². The van der Waals surface area contributed by atoms with Crippen molar-refractivity contribution in [3.63, 3.8) is 0 Å². The molecule has 0 aliphatic rings. The van der Waals surface area contributed by atoms with E-state index in [4.69, 9.17) is 4.74 Å². The van der Waals surface area contributed by atoms with E-state index in [-0.39, 0.29) is 11.3 Å². The van der Waals surface area contributed by atoms with Gasteiger partial charge in [0.05, 0.1) is 35.7 Å². The Hall–Kier alpha value is -3.68. The third-order valence-electron chi connectivity index (χ3n) is 4.43. The van der Waals surface area contributed by atoms with E-state index in [1.54, 1.807) is 24.8 Å². The smallest absolute Gasteiger partial charge is 0.282 e. The number of carbonyl (C=O) groups excluding carboxylic acids is 1. The number of hydrogen-bond acceptors (Lipinski definition) is 5. The number of carbonyl (C=O) groups is 1. The van der Waals surface area contributed by atoms with E-state index in [2.05, 4.69) is 10.4 Å². The van der Waals surface area contributed by atoms with Crippen LogP contribution in [0.4, 0.5) is 11.4 Å². The molecule has 0 saturated heterocycles. The minimum absolute atomic E-state index is 0.00634. The molecule has 8 heteroatoms. The molecule has 1 N–H and O–H groups in total. The topological polar surface area (TPSA) is 99.3 Å². The van der Waals surface area contributed by atoms with Crippen molar-refractivity contribution in [2.24, 2.45) is 0 Å². The molecule has 28 heavy (non-hydrogen) atoms. The van der Waals surface area contributed by atoms with E-state index in [0.29, 0.717) is 17.9 Å². The second kappa shape index (κ2) is 7.91. The number of amides is 1. The van der Waals surface area contributed by atoms with Crippen LogP contribution in [0.3, 0.4) is 0 Å². The van der Waals surface area contributed by atoms with Gasteiger partial charge in [-0.15, -0.1) is 0 Å². The van der Waals surface area contributed by atoms with Crippen LogP contribution in [0, 0.1) is 24.0 Å². The van der Waals surface area contributed by atoms with E-state index in [1.165, 1.54) is 18.2 Å². The highest BCUT2D eigenvalue weighted by atomic mass is 16.6. The number of methoxy groups -OCH3 is 1. The zero-order valence-corrected chi connectivity index (χ0v) is 15.8. The van der Waals surface area contributed by atoms with Crippen molar-refractivity contribution >= 4 is 17.3 Å². The molecule has 8 nitrogen and oxygen atoms in total. The number of nitro benzene ring substituents is 1. The Morgan fingerprint density at radius 3 is 2.68 bits per heavy atom. The molecule has 0 radical (unpaired) electrons. The summed E-state index contributed by atoms with van der Waals surface area (Å²) in [6.45, 7) is 4.13. The van der Waals surface area contributed by atoms with Crippen molar-refractivity contribution in [3.8, 4) is 5.75 Å². The van der Waals surface area contributed by atoms with Gasteiger partial charge in [-0.2, -0.15) is 5.10 Å². The maximum atomic E-state index is 12.6. The highest BCUT2D eigenvalue weighted by Gasteiger charge is 2.22. The molecule has 0 bridgehead atoms. The minimum atomic E-state index is -0.569. The number of hydrogen-bond donors (Lipinski definition) is 1. The van der Waals surface area contributed by atoms with Gasteiger partial charge in [-0.3, -0.25) is 19.6 Å². The standard InChI is InChI=1S/C20H20N4O4/c1-13-19(21-20(25)17-9-4-5-10-18(17)24(26)27)14(2)23(22-13)12-15-7-6-8-16(11-15)28-3/h4-11H,12H2,1-3H3,(H,21,25). The number of rotatable bonds is 6. The largest absolute Gasteiger partial charge is 0.497 e. The van der Waals surface area contributed by atoms with Crippen LogP contribution in [0.25, 0.3) is 0 Å². The Morgan fingerprint density at radius 1 is 1.21 bits per heavy atom.